The maximum Gasteiger partial charge on any atom is 0.338 e. The van der Waals surface area contributed by atoms with E-state index in [9.17, 15) is 9.59 Å². The average molecular weight is 337 g/mol. The van der Waals surface area contributed by atoms with E-state index < -0.39 is 5.97 Å². The fourth-order valence-corrected chi connectivity index (χ4v) is 2.69. The number of rotatable bonds is 4. The number of fused-ring (bicyclic) bond motifs is 2. The number of esters is 1. The van der Waals surface area contributed by atoms with Crippen LogP contribution in [0.4, 0.5) is 0 Å². The van der Waals surface area contributed by atoms with Gasteiger partial charge < -0.3 is 19.2 Å². The Kier molecular flexibility index (Phi) is 3.85. The standard InChI is InChI=1S/C19H15NO5/c21-16(13-2-4-17-18(10-13)24-8-7-23-17)11-25-19(22)14-1-3-15-12(9-14)5-6-20-15/h1-6,9-10,20H,7-8,11H2. The summed E-state index contributed by atoms with van der Waals surface area (Å²) in [5.41, 5.74) is 1.75. The molecule has 126 valence electrons. The monoisotopic (exact) mass is 337 g/mol. The van der Waals surface area contributed by atoms with Crippen molar-refractivity contribution < 1.29 is 23.8 Å². The minimum absolute atomic E-state index is 0.298. The Balaban J connectivity index is 1.43. The van der Waals surface area contributed by atoms with Crippen molar-refractivity contribution in [2.24, 2.45) is 0 Å². The predicted octanol–water partition coefficient (Wildman–Crippen LogP) is 2.98. The molecule has 0 fully saturated rings. The van der Waals surface area contributed by atoms with Crippen LogP contribution in [0.2, 0.25) is 0 Å². The molecule has 0 bridgehead atoms. The van der Waals surface area contributed by atoms with Gasteiger partial charge in [-0.25, -0.2) is 4.79 Å². The normalized spacial score (nSPS) is 12.8. The van der Waals surface area contributed by atoms with Crippen molar-refractivity contribution in [3.05, 3.63) is 59.8 Å². The lowest BCUT2D eigenvalue weighted by Crippen LogP contribution is -2.17. The van der Waals surface area contributed by atoms with Crippen molar-refractivity contribution in [2.75, 3.05) is 19.8 Å². The number of carbonyl (C=O) groups is 2. The first kappa shape index (κ1) is 15.3. The smallest absolute Gasteiger partial charge is 0.338 e. The molecule has 1 N–H and O–H groups in total. The summed E-state index contributed by atoms with van der Waals surface area (Å²) < 4.78 is 16.0. The molecule has 0 amide bonds. The number of ketones is 1. The van der Waals surface area contributed by atoms with Crippen molar-refractivity contribution >= 4 is 22.7 Å². The van der Waals surface area contributed by atoms with E-state index in [2.05, 4.69) is 4.98 Å². The van der Waals surface area contributed by atoms with E-state index in [0.29, 0.717) is 35.8 Å². The van der Waals surface area contributed by atoms with E-state index in [1.807, 2.05) is 6.07 Å². The fraction of sp³-hybridized carbons (Fsp3) is 0.158. The number of benzene rings is 2. The van der Waals surface area contributed by atoms with Crippen LogP contribution in [-0.4, -0.2) is 36.6 Å². The van der Waals surface area contributed by atoms with Crippen molar-refractivity contribution in [2.45, 2.75) is 0 Å². The molecule has 6 heteroatoms. The van der Waals surface area contributed by atoms with Gasteiger partial charge in [0.25, 0.3) is 0 Å². The Hall–Kier alpha value is -3.28. The second-order valence-corrected chi connectivity index (χ2v) is 5.64. The lowest BCUT2D eigenvalue weighted by atomic mass is 10.1. The quantitative estimate of drug-likeness (QED) is 0.585. The number of Topliss-reactive ketones (excluding diaryl/α,β-unsaturated/α-hetero) is 1. The maximum absolute atomic E-state index is 12.3. The summed E-state index contributed by atoms with van der Waals surface area (Å²) in [4.78, 5) is 27.5. The van der Waals surface area contributed by atoms with Gasteiger partial charge in [0.1, 0.15) is 13.2 Å². The van der Waals surface area contributed by atoms with E-state index in [1.54, 1.807) is 42.6 Å². The molecule has 0 spiro atoms. The third kappa shape index (κ3) is 3.06. The molecule has 0 radical (unpaired) electrons. The zero-order valence-electron chi connectivity index (χ0n) is 13.3. The van der Waals surface area contributed by atoms with Crippen LogP contribution in [0.1, 0.15) is 20.7 Å². The number of aromatic amines is 1. The molecule has 1 aliphatic heterocycles. The SMILES string of the molecule is O=C(COC(=O)c1ccc2[nH]ccc2c1)c1ccc2c(c1)OCCO2. The van der Waals surface area contributed by atoms with Crippen LogP contribution in [0.25, 0.3) is 10.9 Å². The van der Waals surface area contributed by atoms with E-state index in [-0.39, 0.29) is 12.4 Å². The lowest BCUT2D eigenvalue weighted by molar-refractivity contribution is 0.0474. The van der Waals surface area contributed by atoms with Crippen molar-refractivity contribution in [1.29, 1.82) is 0 Å². The molecule has 0 saturated carbocycles. The topological polar surface area (TPSA) is 77.6 Å². The molecule has 3 aromatic rings. The third-order valence-electron chi connectivity index (χ3n) is 3.99. The Morgan fingerprint density at radius 1 is 0.960 bits per heavy atom. The molecule has 2 aromatic carbocycles. The van der Waals surface area contributed by atoms with Crippen LogP contribution >= 0.6 is 0 Å². The molecular weight excluding hydrogens is 322 g/mol. The molecule has 0 atom stereocenters. The first-order valence-electron chi connectivity index (χ1n) is 7.88. The number of ether oxygens (including phenoxy) is 3. The van der Waals surface area contributed by atoms with Gasteiger partial charge >= 0.3 is 5.97 Å². The molecular formula is C19H15NO5. The number of hydrogen-bond acceptors (Lipinski definition) is 5. The van der Waals surface area contributed by atoms with Gasteiger partial charge in [0.2, 0.25) is 0 Å². The molecule has 25 heavy (non-hydrogen) atoms. The predicted molar refractivity (Wildman–Crippen MR) is 90.3 cm³/mol. The van der Waals surface area contributed by atoms with E-state index in [4.69, 9.17) is 14.2 Å². The maximum atomic E-state index is 12.3. The Labute approximate surface area is 143 Å². The number of carbonyl (C=O) groups excluding carboxylic acids is 2. The van der Waals surface area contributed by atoms with Crippen LogP contribution < -0.4 is 9.47 Å². The molecule has 6 nitrogen and oxygen atoms in total. The van der Waals surface area contributed by atoms with Crippen LogP contribution in [0.5, 0.6) is 11.5 Å². The summed E-state index contributed by atoms with van der Waals surface area (Å²) in [6.45, 7) is 0.605. The minimum Gasteiger partial charge on any atom is -0.486 e. The molecule has 1 aliphatic rings. The van der Waals surface area contributed by atoms with E-state index in [0.717, 1.165) is 10.9 Å². The van der Waals surface area contributed by atoms with Crippen LogP contribution in [-0.2, 0) is 4.74 Å². The summed E-state index contributed by atoms with van der Waals surface area (Å²) >= 11 is 0. The van der Waals surface area contributed by atoms with Gasteiger partial charge in [-0.05, 0) is 42.5 Å². The third-order valence-corrected chi connectivity index (χ3v) is 3.99. The second kappa shape index (κ2) is 6.32. The highest BCUT2D eigenvalue weighted by Gasteiger charge is 2.17. The zero-order valence-corrected chi connectivity index (χ0v) is 13.3. The summed E-state index contributed by atoms with van der Waals surface area (Å²) in [7, 11) is 0. The van der Waals surface area contributed by atoms with Gasteiger partial charge in [-0.1, -0.05) is 0 Å². The van der Waals surface area contributed by atoms with Gasteiger partial charge in [-0.3, -0.25) is 4.79 Å². The van der Waals surface area contributed by atoms with Gasteiger partial charge in [-0.15, -0.1) is 0 Å². The number of nitrogens with one attached hydrogen (secondary N) is 1. The average Bonchev–Trinajstić information content (AvgIpc) is 3.13. The van der Waals surface area contributed by atoms with Crippen LogP contribution in [0, 0.1) is 0 Å². The van der Waals surface area contributed by atoms with Crippen molar-refractivity contribution in [1.82, 2.24) is 4.98 Å². The molecule has 4 rings (SSSR count). The van der Waals surface area contributed by atoms with Gasteiger partial charge in [0, 0.05) is 22.7 Å². The second-order valence-electron chi connectivity index (χ2n) is 5.64. The van der Waals surface area contributed by atoms with Gasteiger partial charge in [0.15, 0.2) is 23.9 Å². The number of aromatic nitrogens is 1. The van der Waals surface area contributed by atoms with Gasteiger partial charge in [-0.2, -0.15) is 0 Å². The van der Waals surface area contributed by atoms with Crippen molar-refractivity contribution in [3.8, 4) is 11.5 Å². The molecule has 2 heterocycles. The molecule has 0 aliphatic carbocycles. The summed E-state index contributed by atoms with van der Waals surface area (Å²) in [6.07, 6.45) is 1.80. The number of hydrogen-bond donors (Lipinski definition) is 1. The van der Waals surface area contributed by atoms with Crippen LogP contribution in [0.15, 0.2) is 48.7 Å². The molecule has 0 saturated heterocycles. The highest BCUT2D eigenvalue weighted by molar-refractivity contribution is 6.00. The lowest BCUT2D eigenvalue weighted by Gasteiger charge is -2.18. The largest absolute Gasteiger partial charge is 0.486 e. The van der Waals surface area contributed by atoms with Crippen LogP contribution in [0.3, 0.4) is 0 Å². The van der Waals surface area contributed by atoms with E-state index in [1.165, 1.54) is 0 Å². The van der Waals surface area contributed by atoms with Crippen molar-refractivity contribution in [3.63, 3.8) is 0 Å². The van der Waals surface area contributed by atoms with E-state index >= 15 is 0 Å². The van der Waals surface area contributed by atoms with Gasteiger partial charge in [0.05, 0.1) is 5.56 Å². The first-order chi connectivity index (χ1) is 12.2. The zero-order chi connectivity index (χ0) is 17.2. The number of H-pyrrole nitrogens is 1. The summed E-state index contributed by atoms with van der Waals surface area (Å²) in [6, 6.07) is 12.0. The molecule has 1 aromatic heterocycles. The highest BCUT2D eigenvalue weighted by atomic mass is 16.6. The summed E-state index contributed by atoms with van der Waals surface area (Å²) in [5, 5.41) is 0.910. The Morgan fingerprint density at radius 2 is 1.76 bits per heavy atom. The highest BCUT2D eigenvalue weighted by Crippen LogP contribution is 2.30. The molecule has 0 unspecified atom stereocenters. The minimum atomic E-state index is -0.533. The Bertz CT molecular complexity index is 959. The summed E-state index contributed by atoms with van der Waals surface area (Å²) in [5.74, 6) is 0.308. The fourth-order valence-electron chi connectivity index (χ4n) is 2.69. The first-order valence-corrected chi connectivity index (χ1v) is 7.88. The Morgan fingerprint density at radius 3 is 2.64 bits per heavy atom.